The van der Waals surface area contributed by atoms with Gasteiger partial charge < -0.3 is 4.74 Å². The van der Waals surface area contributed by atoms with Gasteiger partial charge in [-0.2, -0.15) is 0 Å². The summed E-state index contributed by atoms with van der Waals surface area (Å²) in [6.45, 7) is -0.0976. The van der Waals surface area contributed by atoms with Gasteiger partial charge in [-0.1, -0.05) is 0 Å². The summed E-state index contributed by atoms with van der Waals surface area (Å²) in [6, 6.07) is 3.39. The Balaban J connectivity index is 2.05. The van der Waals surface area contributed by atoms with E-state index in [0.29, 0.717) is 5.75 Å². The molecule has 0 bridgehead atoms. The molecule has 0 amide bonds. The van der Waals surface area contributed by atoms with E-state index < -0.39 is 9.84 Å². The zero-order valence-corrected chi connectivity index (χ0v) is 10.4. The molecule has 16 heavy (non-hydrogen) atoms. The second kappa shape index (κ2) is 4.34. The molecule has 0 aliphatic carbocycles. The van der Waals surface area contributed by atoms with E-state index in [2.05, 4.69) is 25.9 Å². The third-order valence-corrected chi connectivity index (χ3v) is 4.82. The Bertz CT molecular complexity index is 551. The molecule has 0 atom stereocenters. The molecule has 2 heterocycles. The lowest BCUT2D eigenvalue weighted by Gasteiger charge is -2.04. The molecule has 7 heteroatoms. The predicted molar refractivity (Wildman–Crippen MR) is 63.1 cm³/mol. The molecule has 5 nitrogen and oxygen atoms in total. The van der Waals surface area contributed by atoms with Gasteiger partial charge in [-0.25, -0.2) is 13.4 Å². The third-order valence-electron chi connectivity index (χ3n) is 1.87. The highest BCUT2D eigenvalue weighted by molar-refractivity contribution is 9.14. The lowest BCUT2D eigenvalue weighted by Crippen LogP contribution is -2.19. The quantitative estimate of drug-likeness (QED) is 0.848. The van der Waals surface area contributed by atoms with Gasteiger partial charge in [0.1, 0.15) is 16.2 Å². The summed E-state index contributed by atoms with van der Waals surface area (Å²) >= 11 is 2.92. The van der Waals surface area contributed by atoms with Crippen molar-refractivity contribution in [2.75, 3.05) is 6.61 Å². The van der Waals surface area contributed by atoms with Crippen molar-refractivity contribution in [2.45, 2.75) is 0 Å². The normalized spacial score (nSPS) is 17.8. The highest BCUT2D eigenvalue weighted by Crippen LogP contribution is 2.23. The number of ether oxygens (including phenoxy) is 1. The minimum Gasteiger partial charge on any atom is -0.485 e. The van der Waals surface area contributed by atoms with Crippen LogP contribution in [-0.4, -0.2) is 25.1 Å². The average molecular weight is 303 g/mol. The highest BCUT2D eigenvalue weighted by Gasteiger charge is 2.28. The summed E-state index contributed by atoms with van der Waals surface area (Å²) in [7, 11) is -3.45. The first-order valence-corrected chi connectivity index (χ1v) is 6.58. The van der Waals surface area contributed by atoms with Crippen molar-refractivity contribution in [3.05, 3.63) is 34.5 Å². The van der Waals surface area contributed by atoms with Crippen molar-refractivity contribution < 1.29 is 13.2 Å². The first kappa shape index (κ1) is 11.3. The Morgan fingerprint density at radius 3 is 2.81 bits per heavy atom. The van der Waals surface area contributed by atoms with E-state index in [4.69, 9.17) is 4.74 Å². The zero-order chi connectivity index (χ0) is 11.6. The van der Waals surface area contributed by atoms with E-state index in [0.717, 1.165) is 0 Å². The van der Waals surface area contributed by atoms with Crippen LogP contribution in [0.25, 0.3) is 0 Å². The zero-order valence-electron chi connectivity index (χ0n) is 8.00. The van der Waals surface area contributed by atoms with E-state index in [1.54, 1.807) is 18.3 Å². The van der Waals surface area contributed by atoms with Crippen LogP contribution in [0.2, 0.25) is 0 Å². The van der Waals surface area contributed by atoms with Crippen molar-refractivity contribution in [1.29, 1.82) is 0 Å². The molecule has 1 aliphatic heterocycles. The van der Waals surface area contributed by atoms with Gasteiger partial charge in [0.25, 0.3) is 0 Å². The summed E-state index contributed by atoms with van der Waals surface area (Å²) in [5.74, 6) is 0.503. The van der Waals surface area contributed by atoms with Crippen LogP contribution in [0, 0.1) is 0 Å². The number of rotatable bonds is 3. The molecule has 0 spiro atoms. The number of nitrogens with zero attached hydrogens (tertiary/aromatic N) is 2. The van der Waals surface area contributed by atoms with Crippen molar-refractivity contribution in [1.82, 2.24) is 4.98 Å². The van der Waals surface area contributed by atoms with Crippen LogP contribution in [-0.2, 0) is 9.84 Å². The summed E-state index contributed by atoms with van der Waals surface area (Å²) < 4.78 is 28.5. The number of halogens is 1. The Morgan fingerprint density at radius 2 is 2.25 bits per heavy atom. The monoisotopic (exact) mass is 302 g/mol. The molecule has 0 aromatic carbocycles. The maximum atomic E-state index is 11.6. The lowest BCUT2D eigenvalue weighted by molar-refractivity contribution is 0.377. The van der Waals surface area contributed by atoms with Crippen LogP contribution < -0.4 is 4.74 Å². The molecule has 0 fully saturated rings. The number of aromatic nitrogens is 1. The number of hydrogen-bond donors (Lipinski definition) is 0. The Kier molecular flexibility index (Phi) is 3.06. The van der Waals surface area contributed by atoms with E-state index in [1.807, 2.05) is 0 Å². The molecular weight excluding hydrogens is 296 g/mol. The van der Waals surface area contributed by atoms with E-state index in [-0.39, 0.29) is 15.5 Å². The van der Waals surface area contributed by atoms with Crippen LogP contribution in [0.5, 0.6) is 5.75 Å². The second-order valence-electron chi connectivity index (χ2n) is 2.94. The molecular formula is C9H7BrN2O3S. The molecule has 1 aromatic heterocycles. The highest BCUT2D eigenvalue weighted by atomic mass is 79.9. The molecule has 0 N–H and O–H groups in total. The largest absolute Gasteiger partial charge is 0.485 e. The SMILES string of the molecule is O=S1(=O)C(Br)=CN=C1COc1cccnc1. The molecule has 2 rings (SSSR count). The van der Waals surface area contributed by atoms with Crippen molar-refractivity contribution in [3.63, 3.8) is 0 Å². The first-order valence-electron chi connectivity index (χ1n) is 4.31. The Morgan fingerprint density at radius 1 is 1.44 bits per heavy atom. The van der Waals surface area contributed by atoms with Gasteiger partial charge in [-0.05, 0) is 28.1 Å². The fourth-order valence-corrected chi connectivity index (χ4v) is 2.55. The van der Waals surface area contributed by atoms with Crippen LogP contribution in [0.15, 0.2) is 39.5 Å². The Hall–Kier alpha value is -1.21. The van der Waals surface area contributed by atoms with Crippen molar-refractivity contribution in [2.24, 2.45) is 4.99 Å². The van der Waals surface area contributed by atoms with Gasteiger partial charge in [0, 0.05) is 6.20 Å². The average Bonchev–Trinajstić information content (AvgIpc) is 2.53. The van der Waals surface area contributed by atoms with E-state index in [9.17, 15) is 8.42 Å². The first-order chi connectivity index (χ1) is 7.60. The van der Waals surface area contributed by atoms with Crippen LogP contribution >= 0.6 is 15.9 Å². The maximum absolute atomic E-state index is 11.6. The molecule has 0 unspecified atom stereocenters. The van der Waals surface area contributed by atoms with Gasteiger partial charge in [0.05, 0.1) is 12.4 Å². The van der Waals surface area contributed by atoms with Gasteiger partial charge in [0.2, 0.25) is 9.84 Å². The molecule has 0 saturated heterocycles. The summed E-state index contributed by atoms with van der Waals surface area (Å²) in [6.07, 6.45) is 4.36. The number of sulfone groups is 1. The minimum absolute atomic E-state index is 0.0109. The lowest BCUT2D eigenvalue weighted by atomic mass is 10.5. The standard InChI is InChI=1S/C9H7BrN2O3S/c10-8-5-12-9(16(8,13)14)6-15-7-2-1-3-11-4-7/h1-5H,6H2. The summed E-state index contributed by atoms with van der Waals surface area (Å²) in [4.78, 5) is 7.60. The predicted octanol–water partition coefficient (Wildman–Crippen LogP) is 1.48. The summed E-state index contributed by atoms with van der Waals surface area (Å²) in [5, 5.41) is -0.0109. The third kappa shape index (κ3) is 2.14. The van der Waals surface area contributed by atoms with Gasteiger partial charge in [-0.3, -0.25) is 4.98 Å². The maximum Gasteiger partial charge on any atom is 0.231 e. The topological polar surface area (TPSA) is 68.6 Å². The van der Waals surface area contributed by atoms with Gasteiger partial charge >= 0.3 is 0 Å². The smallest absolute Gasteiger partial charge is 0.231 e. The van der Waals surface area contributed by atoms with Crippen molar-refractivity contribution in [3.8, 4) is 5.75 Å². The van der Waals surface area contributed by atoms with E-state index >= 15 is 0 Å². The number of aliphatic imine (C=N–C) groups is 1. The molecule has 1 aliphatic rings. The second-order valence-corrected chi connectivity index (χ2v) is 6.23. The molecule has 0 radical (unpaired) electrons. The van der Waals surface area contributed by atoms with Crippen LogP contribution in [0.1, 0.15) is 0 Å². The Labute approximate surface area is 101 Å². The van der Waals surface area contributed by atoms with E-state index in [1.165, 1.54) is 12.4 Å². The minimum atomic E-state index is -3.45. The molecule has 84 valence electrons. The number of hydrogen-bond acceptors (Lipinski definition) is 5. The molecule has 0 saturated carbocycles. The fraction of sp³-hybridized carbons (Fsp3) is 0.111. The van der Waals surface area contributed by atoms with Crippen molar-refractivity contribution >= 4 is 30.8 Å². The van der Waals surface area contributed by atoms with Gasteiger partial charge in [0.15, 0.2) is 5.04 Å². The number of pyridine rings is 1. The van der Waals surface area contributed by atoms with Gasteiger partial charge in [-0.15, -0.1) is 0 Å². The fourth-order valence-electron chi connectivity index (χ4n) is 1.07. The molecule has 1 aromatic rings. The summed E-state index contributed by atoms with van der Waals surface area (Å²) in [5.41, 5.74) is 0. The van der Waals surface area contributed by atoms with Crippen LogP contribution in [0.4, 0.5) is 0 Å². The van der Waals surface area contributed by atoms with Crippen LogP contribution in [0.3, 0.4) is 0 Å².